The van der Waals surface area contributed by atoms with Crippen LogP contribution in [0, 0.1) is 10.1 Å². The number of rotatable bonds is 6. The lowest BCUT2D eigenvalue weighted by Gasteiger charge is -2.19. The number of nitrogens with zero attached hydrogens (tertiary/aromatic N) is 2. The van der Waals surface area contributed by atoms with Crippen LogP contribution in [-0.4, -0.2) is 29.3 Å². The van der Waals surface area contributed by atoms with E-state index in [1.807, 2.05) is 0 Å². The Bertz CT molecular complexity index is 1060. The number of hydrogen-bond donors (Lipinski definition) is 0. The van der Waals surface area contributed by atoms with Gasteiger partial charge in [0.2, 0.25) is 0 Å². The monoisotopic (exact) mass is 422 g/mol. The van der Waals surface area contributed by atoms with Crippen LogP contribution in [0.15, 0.2) is 48.7 Å². The van der Waals surface area contributed by atoms with Crippen LogP contribution in [0.4, 0.5) is 5.69 Å². The lowest BCUT2D eigenvalue weighted by molar-refractivity contribution is -0.383. The molecule has 0 saturated heterocycles. The maximum atomic E-state index is 12.1. The third-order valence-corrected chi connectivity index (χ3v) is 4.19. The Hall–Kier alpha value is -3.10. The molecule has 1 aromatic heterocycles. The molecule has 2 aromatic carbocycles. The third-order valence-electron chi connectivity index (χ3n) is 3.66. The highest BCUT2D eigenvalue weighted by Gasteiger charge is 2.27. The van der Waals surface area contributed by atoms with Crippen molar-refractivity contribution in [2.75, 3.05) is 7.11 Å². The minimum absolute atomic E-state index is 0.0988. The highest BCUT2D eigenvalue weighted by Crippen LogP contribution is 2.33. The van der Waals surface area contributed by atoms with Crippen molar-refractivity contribution in [1.29, 1.82) is 0 Å². The topological polar surface area (TPSA) is 101 Å². The first-order valence-corrected chi connectivity index (χ1v) is 8.54. The van der Waals surface area contributed by atoms with Crippen LogP contribution in [0.25, 0.3) is 10.9 Å². The third kappa shape index (κ3) is 4.08. The first kappa shape index (κ1) is 19.7. The summed E-state index contributed by atoms with van der Waals surface area (Å²) >= 11 is 11.9. The lowest BCUT2D eigenvalue weighted by Crippen LogP contribution is -2.34. The molecular formula is C18H12Cl2N2O6. The Balaban J connectivity index is 1.99. The quantitative estimate of drug-likeness (QED) is 0.251. The Morgan fingerprint density at radius 3 is 2.54 bits per heavy atom. The molecule has 144 valence electrons. The summed E-state index contributed by atoms with van der Waals surface area (Å²) in [4.78, 5) is 26.9. The van der Waals surface area contributed by atoms with Crippen molar-refractivity contribution in [3.63, 3.8) is 0 Å². The first-order valence-electron chi connectivity index (χ1n) is 7.79. The van der Waals surface area contributed by atoms with Gasteiger partial charge in [-0.1, -0.05) is 23.2 Å². The average molecular weight is 423 g/mol. The number of ether oxygens (including phenoxy) is 3. The fourth-order valence-electron chi connectivity index (χ4n) is 2.40. The minimum atomic E-state index is -1.53. The van der Waals surface area contributed by atoms with Crippen LogP contribution in [0.1, 0.15) is 0 Å². The van der Waals surface area contributed by atoms with Crippen LogP contribution >= 0.6 is 23.2 Å². The second kappa shape index (κ2) is 8.28. The zero-order valence-electron chi connectivity index (χ0n) is 14.3. The van der Waals surface area contributed by atoms with Gasteiger partial charge >= 0.3 is 12.3 Å². The summed E-state index contributed by atoms with van der Waals surface area (Å²) in [5.41, 5.74) is 0.0446. The van der Waals surface area contributed by atoms with E-state index < -0.39 is 17.2 Å². The first-order chi connectivity index (χ1) is 13.4. The van der Waals surface area contributed by atoms with Gasteiger partial charge in [-0.15, -0.1) is 0 Å². The van der Waals surface area contributed by atoms with Gasteiger partial charge in [-0.3, -0.25) is 15.1 Å². The predicted octanol–water partition coefficient (Wildman–Crippen LogP) is 4.41. The van der Waals surface area contributed by atoms with Crippen molar-refractivity contribution in [3.05, 3.63) is 68.8 Å². The average Bonchev–Trinajstić information content (AvgIpc) is 2.68. The fourth-order valence-corrected chi connectivity index (χ4v) is 2.86. The molecule has 8 nitrogen and oxygen atoms in total. The molecule has 10 heteroatoms. The summed E-state index contributed by atoms with van der Waals surface area (Å²) in [6.45, 7) is 0. The van der Waals surface area contributed by atoms with Gasteiger partial charge in [-0.2, -0.15) is 0 Å². The lowest BCUT2D eigenvalue weighted by atomic mass is 10.1. The number of methoxy groups -OCH3 is 1. The van der Waals surface area contributed by atoms with E-state index >= 15 is 0 Å². The van der Waals surface area contributed by atoms with Gasteiger partial charge in [-0.25, -0.2) is 4.79 Å². The van der Waals surface area contributed by atoms with Gasteiger partial charge in [-0.05, 0) is 36.4 Å². The van der Waals surface area contributed by atoms with E-state index in [1.165, 1.54) is 42.6 Å². The van der Waals surface area contributed by atoms with Crippen molar-refractivity contribution in [2.45, 2.75) is 6.29 Å². The number of aromatic nitrogens is 1. The molecule has 0 spiro atoms. The Morgan fingerprint density at radius 2 is 1.86 bits per heavy atom. The predicted molar refractivity (Wildman–Crippen MR) is 102 cm³/mol. The van der Waals surface area contributed by atoms with Gasteiger partial charge in [0.15, 0.2) is 5.75 Å². The summed E-state index contributed by atoms with van der Waals surface area (Å²) in [6.07, 6.45) is -0.0847. The molecule has 0 bridgehead atoms. The van der Waals surface area contributed by atoms with Gasteiger partial charge in [0.05, 0.1) is 22.4 Å². The second-order valence-electron chi connectivity index (χ2n) is 5.41. The number of nitro groups is 1. The standard InChI is InChI=1S/C18H12Cl2N2O6/c1-26-17(23)18(27-14-6-4-10(19)9-12(14)20)28-15-7-5-13(22(24)25)11-3-2-8-21-16(11)15/h2-9,18H,1H3. The number of esters is 1. The number of non-ortho nitro benzene ring substituents is 1. The maximum absolute atomic E-state index is 12.1. The van der Waals surface area contributed by atoms with E-state index in [0.29, 0.717) is 5.02 Å². The number of benzene rings is 2. The summed E-state index contributed by atoms with van der Waals surface area (Å²) in [5, 5.41) is 12.0. The number of halogens is 2. The molecule has 1 heterocycles. The molecule has 0 amide bonds. The highest BCUT2D eigenvalue weighted by molar-refractivity contribution is 6.35. The molecule has 1 unspecified atom stereocenters. The number of fused-ring (bicyclic) bond motifs is 1. The van der Waals surface area contributed by atoms with Gasteiger partial charge in [0.25, 0.3) is 5.69 Å². The van der Waals surface area contributed by atoms with Crippen molar-refractivity contribution in [1.82, 2.24) is 4.98 Å². The van der Waals surface area contributed by atoms with Crippen LogP contribution in [0.5, 0.6) is 11.5 Å². The maximum Gasteiger partial charge on any atom is 0.389 e. The summed E-state index contributed by atoms with van der Waals surface area (Å²) < 4.78 is 15.9. The van der Waals surface area contributed by atoms with Crippen molar-refractivity contribution in [3.8, 4) is 11.5 Å². The summed E-state index contributed by atoms with van der Waals surface area (Å²) in [7, 11) is 1.16. The molecule has 0 fully saturated rings. The van der Waals surface area contributed by atoms with Crippen molar-refractivity contribution < 1.29 is 23.9 Å². The number of hydrogen-bond acceptors (Lipinski definition) is 7. The van der Waals surface area contributed by atoms with Crippen LogP contribution in [0.3, 0.4) is 0 Å². The molecule has 0 aliphatic heterocycles. The molecular weight excluding hydrogens is 411 g/mol. The molecule has 0 saturated carbocycles. The highest BCUT2D eigenvalue weighted by atomic mass is 35.5. The van der Waals surface area contributed by atoms with E-state index in [2.05, 4.69) is 4.98 Å². The molecule has 3 rings (SSSR count). The van der Waals surface area contributed by atoms with Crippen LogP contribution in [0.2, 0.25) is 10.0 Å². The largest absolute Gasteiger partial charge is 0.463 e. The normalized spacial score (nSPS) is 11.7. The second-order valence-corrected chi connectivity index (χ2v) is 6.25. The van der Waals surface area contributed by atoms with E-state index in [-0.39, 0.29) is 33.1 Å². The van der Waals surface area contributed by atoms with Crippen molar-refractivity contribution >= 4 is 45.8 Å². The minimum Gasteiger partial charge on any atom is -0.463 e. The summed E-state index contributed by atoms with van der Waals surface area (Å²) in [6, 6.07) is 10.1. The number of carbonyl (C=O) groups is 1. The van der Waals surface area contributed by atoms with E-state index in [1.54, 1.807) is 6.07 Å². The number of nitro benzene ring substituents is 1. The smallest absolute Gasteiger partial charge is 0.389 e. The van der Waals surface area contributed by atoms with Crippen molar-refractivity contribution in [2.24, 2.45) is 0 Å². The fraction of sp³-hybridized carbons (Fsp3) is 0.111. The van der Waals surface area contributed by atoms with E-state index in [4.69, 9.17) is 37.4 Å². The van der Waals surface area contributed by atoms with E-state index in [9.17, 15) is 14.9 Å². The molecule has 1 atom stereocenters. The summed E-state index contributed by atoms with van der Waals surface area (Å²) in [5.74, 6) is -0.601. The molecule has 28 heavy (non-hydrogen) atoms. The Morgan fingerprint density at radius 1 is 1.14 bits per heavy atom. The Labute approximate surface area is 168 Å². The molecule has 0 N–H and O–H groups in total. The van der Waals surface area contributed by atoms with Crippen LogP contribution in [-0.2, 0) is 9.53 Å². The number of pyridine rings is 1. The van der Waals surface area contributed by atoms with Gasteiger partial charge in [0, 0.05) is 17.3 Å². The van der Waals surface area contributed by atoms with Gasteiger partial charge < -0.3 is 14.2 Å². The zero-order valence-corrected chi connectivity index (χ0v) is 15.8. The SMILES string of the molecule is COC(=O)C(Oc1ccc(Cl)cc1Cl)Oc1ccc([N+](=O)[O-])c2cccnc12. The number of carbonyl (C=O) groups excluding carboxylic acids is 1. The Kier molecular flexibility index (Phi) is 5.81. The molecule has 0 aliphatic carbocycles. The van der Waals surface area contributed by atoms with E-state index in [0.717, 1.165) is 7.11 Å². The van der Waals surface area contributed by atoms with Gasteiger partial charge in [0.1, 0.15) is 11.3 Å². The molecule has 3 aromatic rings. The van der Waals surface area contributed by atoms with Crippen LogP contribution < -0.4 is 9.47 Å². The zero-order chi connectivity index (χ0) is 20.3. The molecule has 0 aliphatic rings. The molecule has 0 radical (unpaired) electrons.